The Hall–Kier alpha value is -1.76. The fourth-order valence-electron chi connectivity index (χ4n) is 3.97. The van der Waals surface area contributed by atoms with Crippen LogP contribution in [0.5, 0.6) is 0 Å². The van der Waals surface area contributed by atoms with Gasteiger partial charge in [-0.25, -0.2) is 0 Å². The van der Waals surface area contributed by atoms with Crippen LogP contribution in [0.4, 0.5) is 11.4 Å². The Labute approximate surface area is 180 Å². The average Bonchev–Trinajstić information content (AvgIpc) is 2.76. The van der Waals surface area contributed by atoms with Crippen molar-refractivity contribution in [3.63, 3.8) is 0 Å². The summed E-state index contributed by atoms with van der Waals surface area (Å²) in [5, 5.41) is 3.45. The van der Waals surface area contributed by atoms with E-state index in [1.807, 2.05) is 6.07 Å². The highest BCUT2D eigenvalue weighted by Crippen LogP contribution is 2.18. The molecule has 0 aliphatic carbocycles. The molecule has 0 bridgehead atoms. The van der Waals surface area contributed by atoms with E-state index >= 15 is 0 Å². The summed E-state index contributed by atoms with van der Waals surface area (Å²) in [5.41, 5.74) is 3.77. The fraction of sp³-hybridized carbons (Fsp3) is 0.571. The summed E-state index contributed by atoms with van der Waals surface area (Å²) in [7, 11) is 0. The second-order valence-electron chi connectivity index (χ2n) is 8.53. The van der Waals surface area contributed by atoms with E-state index in [1.165, 1.54) is 108 Å². The van der Waals surface area contributed by atoms with Crippen molar-refractivity contribution >= 4 is 11.4 Å². The molecule has 0 unspecified atom stereocenters. The van der Waals surface area contributed by atoms with Crippen molar-refractivity contribution in [3.8, 4) is 0 Å². The topological polar surface area (TPSA) is 12.0 Å². The van der Waals surface area contributed by atoms with Crippen LogP contribution in [0, 0.1) is 0 Å². The highest BCUT2D eigenvalue weighted by atomic mass is 14.9. The largest absolute Gasteiger partial charge is 0.356 e. The maximum atomic E-state index is 3.45. The lowest BCUT2D eigenvalue weighted by Crippen LogP contribution is -1.91. The number of rotatable bonds is 17. The number of aryl methyl sites for hydroxylation is 1. The van der Waals surface area contributed by atoms with Crippen LogP contribution in [0.2, 0.25) is 0 Å². The van der Waals surface area contributed by atoms with E-state index in [-0.39, 0.29) is 0 Å². The summed E-state index contributed by atoms with van der Waals surface area (Å²) in [5.74, 6) is 0. The van der Waals surface area contributed by atoms with Gasteiger partial charge in [0.05, 0.1) is 0 Å². The first-order valence-corrected chi connectivity index (χ1v) is 12.3. The Balaban J connectivity index is 1.41. The lowest BCUT2D eigenvalue weighted by atomic mass is 10.0. The summed E-state index contributed by atoms with van der Waals surface area (Å²) >= 11 is 0. The number of benzene rings is 2. The Bertz CT molecular complexity index is 602. The van der Waals surface area contributed by atoms with Crippen molar-refractivity contribution in [2.24, 2.45) is 0 Å². The third-order valence-corrected chi connectivity index (χ3v) is 5.84. The van der Waals surface area contributed by atoms with Crippen LogP contribution in [0.1, 0.15) is 102 Å². The van der Waals surface area contributed by atoms with Gasteiger partial charge in [0.15, 0.2) is 0 Å². The van der Waals surface area contributed by atoms with Gasteiger partial charge in [-0.3, -0.25) is 0 Å². The molecule has 2 aromatic rings. The van der Waals surface area contributed by atoms with Gasteiger partial charge in [0.1, 0.15) is 0 Å². The molecular weight excluding hydrogens is 350 g/mol. The van der Waals surface area contributed by atoms with Gasteiger partial charge >= 0.3 is 0 Å². The Morgan fingerprint density at radius 1 is 0.483 bits per heavy atom. The van der Waals surface area contributed by atoms with E-state index < -0.39 is 0 Å². The maximum absolute atomic E-state index is 3.45. The lowest BCUT2D eigenvalue weighted by molar-refractivity contribution is 0.535. The standard InChI is InChI=1S/C28H43N/c1-2-3-4-5-6-7-8-9-10-11-12-13-14-16-19-26-22-24-28(25-23-26)29-27-20-17-15-18-21-27/h15,17-18,20-25,29H,2-14,16,19H2,1H3. The average molecular weight is 394 g/mol. The van der Waals surface area contributed by atoms with Gasteiger partial charge in [0.25, 0.3) is 0 Å². The molecule has 1 nitrogen and oxygen atoms in total. The molecule has 0 aromatic heterocycles. The van der Waals surface area contributed by atoms with Gasteiger partial charge in [-0.15, -0.1) is 0 Å². The highest BCUT2D eigenvalue weighted by Gasteiger charge is 1.98. The van der Waals surface area contributed by atoms with Crippen LogP contribution in [0.3, 0.4) is 0 Å². The van der Waals surface area contributed by atoms with Crippen molar-refractivity contribution in [2.45, 2.75) is 103 Å². The predicted octanol–water partition coefficient (Wildman–Crippen LogP) is 9.45. The molecule has 0 amide bonds. The van der Waals surface area contributed by atoms with E-state index in [9.17, 15) is 0 Å². The molecule has 29 heavy (non-hydrogen) atoms. The quantitative estimate of drug-likeness (QED) is 0.264. The van der Waals surface area contributed by atoms with Gasteiger partial charge in [-0.2, -0.15) is 0 Å². The molecule has 0 saturated heterocycles. The van der Waals surface area contributed by atoms with E-state index in [2.05, 4.69) is 60.8 Å². The number of hydrogen-bond donors (Lipinski definition) is 1. The molecule has 1 N–H and O–H groups in total. The van der Waals surface area contributed by atoms with E-state index in [1.54, 1.807) is 0 Å². The van der Waals surface area contributed by atoms with E-state index in [0.29, 0.717) is 0 Å². The van der Waals surface area contributed by atoms with Crippen LogP contribution in [-0.2, 0) is 6.42 Å². The highest BCUT2D eigenvalue weighted by molar-refractivity contribution is 5.59. The monoisotopic (exact) mass is 393 g/mol. The first-order chi connectivity index (χ1) is 14.4. The summed E-state index contributed by atoms with van der Waals surface area (Å²) < 4.78 is 0. The first-order valence-electron chi connectivity index (χ1n) is 12.3. The molecule has 1 heteroatoms. The molecular formula is C28H43N. The summed E-state index contributed by atoms with van der Waals surface area (Å²) in [6.07, 6.45) is 21.2. The molecule has 0 aliphatic rings. The van der Waals surface area contributed by atoms with Gasteiger partial charge in [0.2, 0.25) is 0 Å². The minimum Gasteiger partial charge on any atom is -0.356 e. The van der Waals surface area contributed by atoms with Gasteiger partial charge < -0.3 is 5.32 Å². The number of hydrogen-bond acceptors (Lipinski definition) is 1. The van der Waals surface area contributed by atoms with Crippen LogP contribution >= 0.6 is 0 Å². The van der Waals surface area contributed by atoms with Gasteiger partial charge in [-0.1, -0.05) is 121 Å². The van der Waals surface area contributed by atoms with Gasteiger partial charge in [-0.05, 0) is 42.7 Å². The van der Waals surface area contributed by atoms with Crippen molar-refractivity contribution in [2.75, 3.05) is 5.32 Å². The fourth-order valence-corrected chi connectivity index (χ4v) is 3.97. The Morgan fingerprint density at radius 3 is 1.45 bits per heavy atom. The molecule has 0 aliphatic heterocycles. The van der Waals surface area contributed by atoms with Crippen molar-refractivity contribution < 1.29 is 0 Å². The van der Waals surface area contributed by atoms with Crippen molar-refractivity contribution in [1.82, 2.24) is 0 Å². The van der Waals surface area contributed by atoms with Crippen molar-refractivity contribution in [3.05, 3.63) is 60.2 Å². The lowest BCUT2D eigenvalue weighted by Gasteiger charge is -2.07. The number of unbranched alkanes of at least 4 members (excludes halogenated alkanes) is 13. The van der Waals surface area contributed by atoms with Crippen LogP contribution < -0.4 is 5.32 Å². The molecule has 0 atom stereocenters. The van der Waals surface area contributed by atoms with Crippen LogP contribution in [-0.4, -0.2) is 0 Å². The summed E-state index contributed by atoms with van der Waals surface area (Å²) in [6.45, 7) is 2.29. The third-order valence-electron chi connectivity index (χ3n) is 5.84. The Morgan fingerprint density at radius 2 is 0.931 bits per heavy atom. The van der Waals surface area contributed by atoms with Crippen LogP contribution in [0.25, 0.3) is 0 Å². The number of nitrogens with one attached hydrogen (secondary N) is 1. The molecule has 0 heterocycles. The Kier molecular flexibility index (Phi) is 13.0. The second-order valence-corrected chi connectivity index (χ2v) is 8.53. The molecule has 0 fully saturated rings. The van der Waals surface area contributed by atoms with E-state index in [0.717, 1.165) is 5.69 Å². The maximum Gasteiger partial charge on any atom is 0.0384 e. The molecule has 2 rings (SSSR count). The zero-order valence-corrected chi connectivity index (χ0v) is 18.8. The van der Waals surface area contributed by atoms with E-state index in [4.69, 9.17) is 0 Å². The normalized spacial score (nSPS) is 10.9. The molecule has 160 valence electrons. The second kappa shape index (κ2) is 16.1. The molecule has 0 spiro atoms. The zero-order chi connectivity index (χ0) is 20.4. The zero-order valence-electron chi connectivity index (χ0n) is 18.8. The molecule has 2 aromatic carbocycles. The minimum absolute atomic E-state index is 1.15. The summed E-state index contributed by atoms with van der Waals surface area (Å²) in [6, 6.07) is 19.3. The minimum atomic E-state index is 1.15. The molecule has 0 saturated carbocycles. The van der Waals surface area contributed by atoms with Gasteiger partial charge in [0, 0.05) is 11.4 Å². The third kappa shape index (κ3) is 11.7. The summed E-state index contributed by atoms with van der Waals surface area (Å²) in [4.78, 5) is 0. The number of anilines is 2. The predicted molar refractivity (Wildman–Crippen MR) is 130 cm³/mol. The van der Waals surface area contributed by atoms with Crippen molar-refractivity contribution in [1.29, 1.82) is 0 Å². The smallest absolute Gasteiger partial charge is 0.0384 e. The first kappa shape index (κ1) is 23.5. The number of para-hydroxylation sites is 1. The molecule has 0 radical (unpaired) electrons. The van der Waals surface area contributed by atoms with Crippen LogP contribution in [0.15, 0.2) is 54.6 Å². The SMILES string of the molecule is CCCCCCCCCCCCCCCCc1ccc(Nc2ccccc2)cc1.